The van der Waals surface area contributed by atoms with Crippen LogP contribution < -0.4 is 0 Å². The molecule has 1 heterocycles. The van der Waals surface area contributed by atoms with Crippen molar-refractivity contribution in [2.75, 3.05) is 13.1 Å². The van der Waals surface area contributed by atoms with Gasteiger partial charge in [0.15, 0.2) is 0 Å². The quantitative estimate of drug-likeness (QED) is 0.800. The number of likely N-dealkylation sites (tertiary alicyclic amines) is 1. The van der Waals surface area contributed by atoms with Gasteiger partial charge in [0.25, 0.3) is 0 Å². The zero-order valence-corrected chi connectivity index (χ0v) is 13.4. The van der Waals surface area contributed by atoms with E-state index >= 15 is 0 Å². The molecule has 1 aliphatic carbocycles. The van der Waals surface area contributed by atoms with E-state index in [-0.39, 0.29) is 0 Å². The van der Waals surface area contributed by atoms with E-state index in [0.29, 0.717) is 17.9 Å². The van der Waals surface area contributed by atoms with Crippen molar-refractivity contribution >= 4 is 5.97 Å². The van der Waals surface area contributed by atoms with Gasteiger partial charge in [0.1, 0.15) is 0 Å². The fraction of sp³-hybridized carbons (Fsp3) is 0.941. The summed E-state index contributed by atoms with van der Waals surface area (Å²) in [5.74, 6) is 0.811. The second-order valence-electron chi connectivity index (χ2n) is 7.49. The van der Waals surface area contributed by atoms with Gasteiger partial charge in [-0.2, -0.15) is 0 Å². The van der Waals surface area contributed by atoms with Gasteiger partial charge in [0.2, 0.25) is 0 Å². The fourth-order valence-corrected chi connectivity index (χ4v) is 4.27. The van der Waals surface area contributed by atoms with Gasteiger partial charge < -0.3 is 5.11 Å². The Labute approximate surface area is 123 Å². The lowest BCUT2D eigenvalue weighted by molar-refractivity contribution is -0.152. The summed E-state index contributed by atoms with van der Waals surface area (Å²) in [4.78, 5) is 14.4. The summed E-state index contributed by atoms with van der Waals surface area (Å²) in [5, 5.41) is 9.84. The summed E-state index contributed by atoms with van der Waals surface area (Å²) in [6.07, 6.45) is 7.59. The highest BCUT2D eigenvalue weighted by atomic mass is 16.4. The first kappa shape index (κ1) is 15.8. The molecule has 0 radical (unpaired) electrons. The molecule has 0 aromatic rings. The molecule has 0 aromatic carbocycles. The molecule has 3 nitrogen and oxygen atoms in total. The van der Waals surface area contributed by atoms with E-state index in [9.17, 15) is 9.90 Å². The summed E-state index contributed by atoms with van der Waals surface area (Å²) in [5.41, 5.74) is -0.485. The van der Waals surface area contributed by atoms with Gasteiger partial charge in [0.05, 0.1) is 5.41 Å². The lowest BCUT2D eigenvalue weighted by Gasteiger charge is -2.45. The van der Waals surface area contributed by atoms with Gasteiger partial charge in [0, 0.05) is 19.1 Å². The molecule has 0 spiro atoms. The van der Waals surface area contributed by atoms with Crippen molar-refractivity contribution in [3.63, 3.8) is 0 Å². The minimum absolute atomic E-state index is 0.485. The second-order valence-corrected chi connectivity index (χ2v) is 7.49. The van der Waals surface area contributed by atoms with Crippen LogP contribution in [0.4, 0.5) is 0 Å². The molecule has 0 bridgehead atoms. The molecule has 3 heteroatoms. The molecule has 1 N–H and O–H groups in total. The molecule has 1 saturated carbocycles. The van der Waals surface area contributed by atoms with Gasteiger partial charge >= 0.3 is 5.97 Å². The topological polar surface area (TPSA) is 40.5 Å². The molecule has 1 saturated heterocycles. The predicted molar refractivity (Wildman–Crippen MR) is 81.8 cm³/mol. The number of nitrogens with zero attached hydrogens (tertiary/aromatic N) is 1. The standard InChI is InChI=1S/C17H31NO2/c1-13-10-14(2)15(3)18(11-13)12-17(16(19)20)8-6-4-5-7-9-17/h13-15H,4-12H2,1-3H3,(H,19,20). The van der Waals surface area contributed by atoms with Crippen LogP contribution in [0.1, 0.15) is 65.7 Å². The third-order valence-electron chi connectivity index (χ3n) is 5.74. The van der Waals surface area contributed by atoms with E-state index in [1.165, 1.54) is 19.3 Å². The van der Waals surface area contributed by atoms with Crippen LogP contribution in [0.15, 0.2) is 0 Å². The molecule has 0 amide bonds. The van der Waals surface area contributed by atoms with Crippen LogP contribution in [0.2, 0.25) is 0 Å². The Morgan fingerprint density at radius 3 is 2.30 bits per heavy atom. The molecule has 2 fully saturated rings. The maximum atomic E-state index is 11.9. The highest BCUT2D eigenvalue weighted by molar-refractivity contribution is 5.75. The van der Waals surface area contributed by atoms with E-state index in [1.807, 2.05) is 0 Å². The molecule has 2 aliphatic rings. The minimum atomic E-state index is -0.558. The number of carboxylic acids is 1. The molecular formula is C17H31NO2. The van der Waals surface area contributed by atoms with Crippen LogP contribution in [0, 0.1) is 17.3 Å². The smallest absolute Gasteiger partial charge is 0.310 e. The zero-order chi connectivity index (χ0) is 14.8. The molecule has 116 valence electrons. The average molecular weight is 281 g/mol. The van der Waals surface area contributed by atoms with Crippen molar-refractivity contribution in [2.24, 2.45) is 17.3 Å². The highest BCUT2D eigenvalue weighted by Crippen LogP contribution is 2.38. The highest BCUT2D eigenvalue weighted by Gasteiger charge is 2.42. The Morgan fingerprint density at radius 1 is 1.15 bits per heavy atom. The van der Waals surface area contributed by atoms with E-state index < -0.39 is 11.4 Å². The molecule has 1 aliphatic heterocycles. The van der Waals surface area contributed by atoms with Crippen molar-refractivity contribution in [1.82, 2.24) is 4.90 Å². The summed E-state index contributed by atoms with van der Waals surface area (Å²) in [6, 6.07) is 0.519. The number of hydrogen-bond acceptors (Lipinski definition) is 2. The Hall–Kier alpha value is -0.570. The Morgan fingerprint density at radius 2 is 1.75 bits per heavy atom. The van der Waals surface area contributed by atoms with Crippen molar-refractivity contribution in [1.29, 1.82) is 0 Å². The van der Waals surface area contributed by atoms with Crippen molar-refractivity contribution in [3.8, 4) is 0 Å². The average Bonchev–Trinajstić information content (AvgIpc) is 2.62. The molecule has 20 heavy (non-hydrogen) atoms. The van der Waals surface area contributed by atoms with Crippen LogP contribution in [0.5, 0.6) is 0 Å². The normalized spacial score (nSPS) is 35.5. The first-order valence-corrected chi connectivity index (χ1v) is 8.42. The number of carbonyl (C=O) groups is 1. The number of rotatable bonds is 3. The van der Waals surface area contributed by atoms with E-state index in [4.69, 9.17) is 0 Å². The van der Waals surface area contributed by atoms with Crippen LogP contribution in [-0.2, 0) is 4.79 Å². The van der Waals surface area contributed by atoms with Gasteiger partial charge in [-0.1, -0.05) is 39.5 Å². The lowest BCUT2D eigenvalue weighted by atomic mass is 9.77. The third-order valence-corrected chi connectivity index (χ3v) is 5.74. The number of aliphatic carboxylic acids is 1. The van der Waals surface area contributed by atoms with E-state index in [2.05, 4.69) is 25.7 Å². The first-order chi connectivity index (χ1) is 9.44. The summed E-state index contributed by atoms with van der Waals surface area (Å²) >= 11 is 0. The van der Waals surface area contributed by atoms with Gasteiger partial charge in [-0.3, -0.25) is 9.69 Å². The number of carboxylic acid groups (broad SMARTS) is 1. The van der Waals surface area contributed by atoms with Crippen LogP contribution >= 0.6 is 0 Å². The summed E-state index contributed by atoms with van der Waals surface area (Å²) < 4.78 is 0. The molecule has 3 unspecified atom stereocenters. The van der Waals surface area contributed by atoms with Crippen molar-refractivity contribution < 1.29 is 9.90 Å². The maximum absolute atomic E-state index is 11.9. The maximum Gasteiger partial charge on any atom is 0.310 e. The fourth-order valence-electron chi connectivity index (χ4n) is 4.27. The van der Waals surface area contributed by atoms with Crippen molar-refractivity contribution in [3.05, 3.63) is 0 Å². The van der Waals surface area contributed by atoms with E-state index in [0.717, 1.165) is 38.8 Å². The lowest BCUT2D eigenvalue weighted by Crippen LogP contribution is -2.52. The van der Waals surface area contributed by atoms with Crippen LogP contribution in [0.3, 0.4) is 0 Å². The largest absolute Gasteiger partial charge is 0.481 e. The third kappa shape index (κ3) is 3.36. The Bertz CT molecular complexity index is 334. The Kier molecular flexibility index (Phi) is 5.11. The van der Waals surface area contributed by atoms with E-state index in [1.54, 1.807) is 0 Å². The second kappa shape index (κ2) is 6.46. The Balaban J connectivity index is 2.12. The first-order valence-electron chi connectivity index (χ1n) is 8.42. The van der Waals surface area contributed by atoms with Gasteiger partial charge in [-0.25, -0.2) is 0 Å². The van der Waals surface area contributed by atoms with Crippen LogP contribution in [-0.4, -0.2) is 35.1 Å². The monoisotopic (exact) mass is 281 g/mol. The van der Waals surface area contributed by atoms with Crippen molar-refractivity contribution in [2.45, 2.75) is 71.8 Å². The summed E-state index contributed by atoms with van der Waals surface area (Å²) in [7, 11) is 0. The molecule has 0 aromatic heterocycles. The van der Waals surface area contributed by atoms with Gasteiger partial charge in [-0.15, -0.1) is 0 Å². The van der Waals surface area contributed by atoms with Crippen LogP contribution in [0.25, 0.3) is 0 Å². The molecule has 2 rings (SSSR count). The molecular weight excluding hydrogens is 250 g/mol. The SMILES string of the molecule is CC1CC(C)C(C)N(CC2(C(=O)O)CCCCCC2)C1. The predicted octanol–water partition coefficient (Wildman–Crippen LogP) is 3.78. The minimum Gasteiger partial charge on any atom is -0.481 e. The molecule has 3 atom stereocenters. The number of hydrogen-bond donors (Lipinski definition) is 1. The van der Waals surface area contributed by atoms with Gasteiger partial charge in [-0.05, 0) is 38.0 Å². The zero-order valence-electron chi connectivity index (χ0n) is 13.4. The number of piperidine rings is 1. The summed E-state index contributed by atoms with van der Waals surface area (Å²) in [6.45, 7) is 8.73.